The highest BCUT2D eigenvalue weighted by Crippen LogP contribution is 2.18. The molecule has 0 aromatic carbocycles. The van der Waals surface area contributed by atoms with Gasteiger partial charge in [-0.3, -0.25) is 0 Å². The molecule has 0 aliphatic rings. The summed E-state index contributed by atoms with van der Waals surface area (Å²) in [4.78, 5) is 0. The number of aliphatic hydroxyl groups excluding tert-OH is 1. The molecule has 0 aliphatic carbocycles. The summed E-state index contributed by atoms with van der Waals surface area (Å²) < 4.78 is 0. The first-order valence-electron chi connectivity index (χ1n) is 6.00. The minimum Gasteiger partial charge on any atom is -0.396 e. The van der Waals surface area contributed by atoms with Gasteiger partial charge in [-0.2, -0.15) is 0 Å². The topological polar surface area (TPSA) is 32.3 Å². The number of hydrogen-bond acceptors (Lipinski definition) is 2. The average molecular weight is 201 g/mol. The summed E-state index contributed by atoms with van der Waals surface area (Å²) in [7, 11) is 0. The van der Waals surface area contributed by atoms with Crippen molar-refractivity contribution in [1.82, 2.24) is 5.32 Å². The highest BCUT2D eigenvalue weighted by molar-refractivity contribution is 4.73. The fraction of sp³-hybridized carbons (Fsp3) is 1.00. The molecule has 0 aromatic rings. The minimum absolute atomic E-state index is 0.0742. The second kappa shape index (κ2) is 8.25. The van der Waals surface area contributed by atoms with Crippen molar-refractivity contribution >= 4 is 0 Å². The van der Waals surface area contributed by atoms with Gasteiger partial charge >= 0.3 is 0 Å². The van der Waals surface area contributed by atoms with Gasteiger partial charge in [0, 0.05) is 18.6 Å². The molecule has 0 rings (SSSR count). The average Bonchev–Trinajstić information content (AvgIpc) is 2.23. The Labute approximate surface area is 89.1 Å². The Morgan fingerprint density at radius 1 is 1.14 bits per heavy atom. The lowest BCUT2D eigenvalue weighted by Crippen LogP contribution is -2.34. The van der Waals surface area contributed by atoms with Crippen molar-refractivity contribution < 1.29 is 5.11 Å². The van der Waals surface area contributed by atoms with Crippen LogP contribution in [0.3, 0.4) is 0 Å². The van der Waals surface area contributed by atoms with Crippen molar-refractivity contribution in [2.45, 2.75) is 52.9 Å². The molecule has 0 fully saturated rings. The Kier molecular flexibility index (Phi) is 8.20. The van der Waals surface area contributed by atoms with E-state index in [1.54, 1.807) is 0 Å². The molecule has 86 valence electrons. The monoisotopic (exact) mass is 201 g/mol. The lowest BCUT2D eigenvalue weighted by atomic mass is 9.88. The van der Waals surface area contributed by atoms with Gasteiger partial charge in [0.1, 0.15) is 0 Å². The Balaban J connectivity index is 3.34. The molecule has 1 atom stereocenters. The van der Waals surface area contributed by atoms with Crippen LogP contribution in [-0.2, 0) is 0 Å². The van der Waals surface area contributed by atoms with Gasteiger partial charge in [-0.25, -0.2) is 0 Å². The second-order valence-electron chi connectivity index (χ2n) is 4.56. The molecule has 0 heterocycles. The highest BCUT2D eigenvalue weighted by atomic mass is 16.3. The fourth-order valence-electron chi connectivity index (χ4n) is 1.36. The largest absolute Gasteiger partial charge is 0.396 e. The molecular weight excluding hydrogens is 174 g/mol. The van der Waals surface area contributed by atoms with Gasteiger partial charge in [-0.1, -0.05) is 40.0 Å². The van der Waals surface area contributed by atoms with E-state index >= 15 is 0 Å². The van der Waals surface area contributed by atoms with Crippen molar-refractivity contribution in [1.29, 1.82) is 0 Å². The summed E-state index contributed by atoms with van der Waals surface area (Å²) in [5, 5.41) is 12.6. The standard InChI is InChI=1S/C12H27NO/c1-4-6-7-8-9-13-10-12(3,5-2)11-14/h13-14H,4-11H2,1-3H3. The molecule has 2 N–H and O–H groups in total. The van der Waals surface area contributed by atoms with Gasteiger partial charge in [0.25, 0.3) is 0 Å². The zero-order chi connectivity index (χ0) is 10.9. The summed E-state index contributed by atoms with van der Waals surface area (Å²) in [6, 6.07) is 0. The summed E-state index contributed by atoms with van der Waals surface area (Å²) in [6.45, 7) is 8.81. The zero-order valence-corrected chi connectivity index (χ0v) is 10.1. The zero-order valence-electron chi connectivity index (χ0n) is 10.1. The number of hydrogen-bond donors (Lipinski definition) is 2. The Morgan fingerprint density at radius 2 is 1.86 bits per heavy atom. The first-order chi connectivity index (χ1) is 6.68. The molecule has 2 nitrogen and oxygen atoms in total. The summed E-state index contributed by atoms with van der Waals surface area (Å²) in [6.07, 6.45) is 6.26. The van der Waals surface area contributed by atoms with E-state index in [2.05, 4.69) is 26.1 Å². The van der Waals surface area contributed by atoms with Crippen molar-refractivity contribution in [3.8, 4) is 0 Å². The van der Waals surface area contributed by atoms with Crippen LogP contribution in [0.2, 0.25) is 0 Å². The first-order valence-corrected chi connectivity index (χ1v) is 6.00. The van der Waals surface area contributed by atoms with Gasteiger partial charge in [-0.15, -0.1) is 0 Å². The number of nitrogens with one attached hydrogen (secondary N) is 1. The third-order valence-corrected chi connectivity index (χ3v) is 2.99. The maximum absolute atomic E-state index is 9.19. The van der Waals surface area contributed by atoms with Gasteiger partial charge in [0.15, 0.2) is 0 Å². The smallest absolute Gasteiger partial charge is 0.0496 e. The van der Waals surface area contributed by atoms with Crippen LogP contribution in [0.25, 0.3) is 0 Å². The van der Waals surface area contributed by atoms with Crippen LogP contribution in [0.4, 0.5) is 0 Å². The summed E-state index contributed by atoms with van der Waals surface area (Å²) in [5.41, 5.74) is 0.0742. The lowest BCUT2D eigenvalue weighted by molar-refractivity contribution is 0.135. The van der Waals surface area contributed by atoms with E-state index in [1.807, 2.05) is 0 Å². The van der Waals surface area contributed by atoms with Crippen LogP contribution >= 0.6 is 0 Å². The number of unbranched alkanes of at least 4 members (excludes halogenated alkanes) is 3. The Bertz CT molecular complexity index is 121. The third-order valence-electron chi connectivity index (χ3n) is 2.99. The molecule has 0 saturated heterocycles. The SMILES string of the molecule is CCCCCCNCC(C)(CC)CO. The van der Waals surface area contributed by atoms with E-state index in [9.17, 15) is 5.11 Å². The highest BCUT2D eigenvalue weighted by Gasteiger charge is 2.19. The van der Waals surface area contributed by atoms with Gasteiger partial charge in [0.2, 0.25) is 0 Å². The second-order valence-corrected chi connectivity index (χ2v) is 4.56. The molecule has 0 radical (unpaired) electrons. The van der Waals surface area contributed by atoms with Crippen LogP contribution in [0, 0.1) is 5.41 Å². The lowest BCUT2D eigenvalue weighted by Gasteiger charge is -2.25. The van der Waals surface area contributed by atoms with Gasteiger partial charge < -0.3 is 10.4 Å². The van der Waals surface area contributed by atoms with Gasteiger partial charge in [-0.05, 0) is 19.4 Å². The predicted molar refractivity (Wildman–Crippen MR) is 62.5 cm³/mol. The number of aliphatic hydroxyl groups is 1. The van der Waals surface area contributed by atoms with E-state index < -0.39 is 0 Å². The van der Waals surface area contributed by atoms with Crippen LogP contribution in [0.15, 0.2) is 0 Å². The van der Waals surface area contributed by atoms with Crippen LogP contribution in [-0.4, -0.2) is 24.8 Å². The van der Waals surface area contributed by atoms with Crippen LogP contribution < -0.4 is 5.32 Å². The van der Waals surface area contributed by atoms with E-state index in [4.69, 9.17) is 0 Å². The quantitative estimate of drug-likeness (QED) is 0.562. The summed E-state index contributed by atoms with van der Waals surface area (Å²) in [5.74, 6) is 0. The van der Waals surface area contributed by atoms with E-state index in [0.717, 1.165) is 19.5 Å². The summed E-state index contributed by atoms with van der Waals surface area (Å²) >= 11 is 0. The third kappa shape index (κ3) is 6.39. The molecule has 0 bridgehead atoms. The Morgan fingerprint density at radius 3 is 2.36 bits per heavy atom. The Hall–Kier alpha value is -0.0800. The van der Waals surface area contributed by atoms with E-state index in [0.29, 0.717) is 0 Å². The van der Waals surface area contributed by atoms with E-state index in [1.165, 1.54) is 25.7 Å². The molecular formula is C12H27NO. The normalized spacial score (nSPS) is 15.4. The maximum Gasteiger partial charge on any atom is 0.0496 e. The molecule has 0 aromatic heterocycles. The van der Waals surface area contributed by atoms with Crippen molar-refractivity contribution in [2.75, 3.05) is 19.7 Å². The molecule has 1 unspecified atom stereocenters. The number of rotatable bonds is 9. The van der Waals surface area contributed by atoms with Crippen molar-refractivity contribution in [3.63, 3.8) is 0 Å². The molecule has 0 aliphatic heterocycles. The molecule has 14 heavy (non-hydrogen) atoms. The van der Waals surface area contributed by atoms with Crippen molar-refractivity contribution in [3.05, 3.63) is 0 Å². The molecule has 2 heteroatoms. The molecule has 0 saturated carbocycles. The molecule has 0 amide bonds. The van der Waals surface area contributed by atoms with Crippen LogP contribution in [0.1, 0.15) is 52.9 Å². The maximum atomic E-state index is 9.19. The van der Waals surface area contributed by atoms with E-state index in [-0.39, 0.29) is 12.0 Å². The van der Waals surface area contributed by atoms with Crippen LogP contribution in [0.5, 0.6) is 0 Å². The van der Waals surface area contributed by atoms with Crippen molar-refractivity contribution in [2.24, 2.45) is 5.41 Å². The molecule has 0 spiro atoms. The fourth-order valence-corrected chi connectivity index (χ4v) is 1.36. The van der Waals surface area contributed by atoms with Gasteiger partial charge in [0.05, 0.1) is 0 Å². The minimum atomic E-state index is 0.0742. The first kappa shape index (κ1) is 13.9. The predicted octanol–water partition coefficient (Wildman–Crippen LogP) is 2.56.